The molecular weight excluding hydrogens is 274 g/mol. The first kappa shape index (κ1) is 13.1. The van der Waals surface area contributed by atoms with E-state index in [1.807, 2.05) is 0 Å². The molecule has 1 N–H and O–H groups in total. The van der Waals surface area contributed by atoms with Crippen LogP contribution in [0, 0.1) is 5.92 Å². The van der Waals surface area contributed by atoms with Crippen molar-refractivity contribution in [3.8, 4) is 0 Å². The predicted molar refractivity (Wildman–Crippen MR) is 77.1 cm³/mol. The highest BCUT2D eigenvalue weighted by Gasteiger charge is 2.27. The van der Waals surface area contributed by atoms with Crippen molar-refractivity contribution in [2.45, 2.75) is 51.6 Å². The third-order valence-corrected chi connectivity index (χ3v) is 4.74. The molecule has 0 aromatic heterocycles. The molecule has 0 saturated heterocycles. The summed E-state index contributed by atoms with van der Waals surface area (Å²) >= 11 is 3.64. The summed E-state index contributed by atoms with van der Waals surface area (Å²) in [6.45, 7) is 4.58. The van der Waals surface area contributed by atoms with E-state index in [9.17, 15) is 0 Å². The molecule has 1 fully saturated rings. The van der Waals surface area contributed by atoms with Gasteiger partial charge in [-0.05, 0) is 37.3 Å². The largest absolute Gasteiger partial charge is 0.307 e. The molecule has 2 unspecified atom stereocenters. The van der Waals surface area contributed by atoms with Gasteiger partial charge in [0.2, 0.25) is 0 Å². The number of hydrogen-bond donors (Lipinski definition) is 1. The fourth-order valence-corrected chi connectivity index (χ4v) is 3.61. The lowest BCUT2D eigenvalue weighted by molar-refractivity contribution is 0.360. The molecule has 1 saturated carbocycles. The number of nitrogens with one attached hydrogen (secondary N) is 1. The van der Waals surface area contributed by atoms with Gasteiger partial charge in [-0.15, -0.1) is 0 Å². The maximum Gasteiger partial charge on any atom is 0.0305 e. The Kier molecular flexibility index (Phi) is 4.63. The van der Waals surface area contributed by atoms with Crippen molar-refractivity contribution in [3.05, 3.63) is 34.3 Å². The van der Waals surface area contributed by atoms with E-state index in [1.165, 1.54) is 35.7 Å². The predicted octanol–water partition coefficient (Wildman–Crippen LogP) is 4.68. The average molecular weight is 296 g/mol. The molecule has 0 bridgehead atoms. The van der Waals surface area contributed by atoms with Gasteiger partial charge < -0.3 is 5.32 Å². The minimum Gasteiger partial charge on any atom is -0.307 e. The molecular formula is C15H22BrN. The van der Waals surface area contributed by atoms with Crippen molar-refractivity contribution < 1.29 is 0 Å². The Hall–Kier alpha value is -0.340. The SMILES string of the molecule is CCC1CCCC1N[C@H](C)c1ccccc1Br. The van der Waals surface area contributed by atoms with Crippen LogP contribution in [-0.2, 0) is 0 Å². The molecule has 17 heavy (non-hydrogen) atoms. The Bertz CT molecular complexity index is 364. The van der Waals surface area contributed by atoms with Crippen molar-refractivity contribution in [3.63, 3.8) is 0 Å². The monoisotopic (exact) mass is 295 g/mol. The summed E-state index contributed by atoms with van der Waals surface area (Å²) < 4.78 is 1.21. The first-order chi connectivity index (χ1) is 8.22. The standard InChI is InChI=1S/C15H22BrN/c1-3-12-7-6-10-15(12)17-11(2)13-8-4-5-9-14(13)16/h4-5,8-9,11-12,15,17H,3,6-7,10H2,1-2H3/t11-,12?,15?/m1/s1. The number of benzene rings is 1. The molecule has 3 atom stereocenters. The van der Waals surface area contributed by atoms with Crippen molar-refractivity contribution in [1.29, 1.82) is 0 Å². The first-order valence-electron chi connectivity index (χ1n) is 6.72. The molecule has 1 aromatic carbocycles. The zero-order valence-electron chi connectivity index (χ0n) is 10.7. The Labute approximate surface area is 113 Å². The minimum atomic E-state index is 0.433. The molecule has 0 spiro atoms. The van der Waals surface area contributed by atoms with Crippen LogP contribution in [0.2, 0.25) is 0 Å². The van der Waals surface area contributed by atoms with Crippen LogP contribution in [-0.4, -0.2) is 6.04 Å². The molecule has 0 heterocycles. The van der Waals surface area contributed by atoms with Gasteiger partial charge in [-0.3, -0.25) is 0 Å². The van der Waals surface area contributed by atoms with Crippen LogP contribution in [0.5, 0.6) is 0 Å². The van der Waals surface area contributed by atoms with Gasteiger partial charge >= 0.3 is 0 Å². The Morgan fingerprint density at radius 1 is 1.35 bits per heavy atom. The van der Waals surface area contributed by atoms with Crippen LogP contribution in [0.15, 0.2) is 28.7 Å². The summed E-state index contributed by atoms with van der Waals surface area (Å²) in [7, 11) is 0. The Morgan fingerprint density at radius 3 is 2.82 bits per heavy atom. The second-order valence-corrected chi connectivity index (χ2v) is 5.97. The zero-order chi connectivity index (χ0) is 12.3. The van der Waals surface area contributed by atoms with Crippen LogP contribution in [0.3, 0.4) is 0 Å². The number of rotatable bonds is 4. The quantitative estimate of drug-likeness (QED) is 0.850. The molecule has 2 heteroatoms. The van der Waals surface area contributed by atoms with E-state index in [2.05, 4.69) is 59.4 Å². The van der Waals surface area contributed by atoms with Gasteiger partial charge in [0.15, 0.2) is 0 Å². The molecule has 0 aliphatic heterocycles. The highest BCUT2D eigenvalue weighted by molar-refractivity contribution is 9.10. The van der Waals surface area contributed by atoms with Crippen molar-refractivity contribution in [2.75, 3.05) is 0 Å². The van der Waals surface area contributed by atoms with Gasteiger partial charge in [0.05, 0.1) is 0 Å². The third kappa shape index (κ3) is 3.11. The van der Waals surface area contributed by atoms with Gasteiger partial charge in [-0.25, -0.2) is 0 Å². The summed E-state index contributed by atoms with van der Waals surface area (Å²) in [6.07, 6.45) is 5.43. The van der Waals surface area contributed by atoms with Gasteiger partial charge in [-0.2, -0.15) is 0 Å². The summed E-state index contributed by atoms with van der Waals surface area (Å²) in [5.74, 6) is 0.875. The van der Waals surface area contributed by atoms with Crippen LogP contribution in [0.1, 0.15) is 51.1 Å². The van der Waals surface area contributed by atoms with Crippen molar-refractivity contribution in [1.82, 2.24) is 5.32 Å². The summed E-state index contributed by atoms with van der Waals surface area (Å²) in [4.78, 5) is 0. The fourth-order valence-electron chi connectivity index (χ4n) is 2.98. The third-order valence-electron chi connectivity index (χ3n) is 4.02. The first-order valence-corrected chi connectivity index (χ1v) is 7.52. The molecule has 1 aliphatic carbocycles. The van der Waals surface area contributed by atoms with Crippen molar-refractivity contribution in [2.24, 2.45) is 5.92 Å². The molecule has 1 aliphatic rings. The van der Waals surface area contributed by atoms with Crippen LogP contribution >= 0.6 is 15.9 Å². The van der Waals surface area contributed by atoms with E-state index in [4.69, 9.17) is 0 Å². The molecule has 94 valence electrons. The molecule has 0 amide bonds. The normalized spacial score (nSPS) is 26.1. The van der Waals surface area contributed by atoms with E-state index in [-0.39, 0.29) is 0 Å². The minimum absolute atomic E-state index is 0.433. The summed E-state index contributed by atoms with van der Waals surface area (Å²) in [5.41, 5.74) is 1.37. The van der Waals surface area contributed by atoms with Crippen LogP contribution in [0.25, 0.3) is 0 Å². The summed E-state index contributed by atoms with van der Waals surface area (Å²) in [6, 6.07) is 9.66. The van der Waals surface area contributed by atoms with E-state index in [1.54, 1.807) is 0 Å². The molecule has 2 rings (SSSR count). The number of hydrogen-bond acceptors (Lipinski definition) is 1. The Morgan fingerprint density at radius 2 is 2.12 bits per heavy atom. The van der Waals surface area contributed by atoms with Crippen LogP contribution in [0.4, 0.5) is 0 Å². The second-order valence-electron chi connectivity index (χ2n) is 5.12. The topological polar surface area (TPSA) is 12.0 Å². The lowest BCUT2D eigenvalue weighted by Crippen LogP contribution is -2.34. The van der Waals surface area contributed by atoms with Gasteiger partial charge in [0.25, 0.3) is 0 Å². The smallest absolute Gasteiger partial charge is 0.0305 e. The Balaban J connectivity index is 2.01. The second kappa shape index (κ2) is 6.01. The highest BCUT2D eigenvalue weighted by Crippen LogP contribution is 2.31. The zero-order valence-corrected chi connectivity index (χ0v) is 12.3. The molecule has 0 radical (unpaired) electrons. The number of halogens is 1. The highest BCUT2D eigenvalue weighted by atomic mass is 79.9. The van der Waals surface area contributed by atoms with Gasteiger partial charge in [0.1, 0.15) is 0 Å². The van der Waals surface area contributed by atoms with Crippen LogP contribution < -0.4 is 5.32 Å². The van der Waals surface area contributed by atoms with E-state index >= 15 is 0 Å². The lowest BCUT2D eigenvalue weighted by Gasteiger charge is -2.25. The van der Waals surface area contributed by atoms with Gasteiger partial charge in [0, 0.05) is 16.6 Å². The fraction of sp³-hybridized carbons (Fsp3) is 0.600. The lowest BCUT2D eigenvalue weighted by atomic mass is 9.98. The van der Waals surface area contributed by atoms with Crippen molar-refractivity contribution >= 4 is 15.9 Å². The maximum atomic E-state index is 3.81. The van der Waals surface area contributed by atoms with E-state index in [0.717, 1.165) is 5.92 Å². The van der Waals surface area contributed by atoms with E-state index in [0.29, 0.717) is 12.1 Å². The maximum absolute atomic E-state index is 3.81. The summed E-state index contributed by atoms with van der Waals surface area (Å²) in [5, 5.41) is 3.81. The molecule has 1 nitrogen and oxygen atoms in total. The average Bonchev–Trinajstić information content (AvgIpc) is 2.76. The van der Waals surface area contributed by atoms with E-state index < -0.39 is 0 Å². The van der Waals surface area contributed by atoms with Gasteiger partial charge in [-0.1, -0.05) is 53.9 Å². The molecule has 1 aromatic rings.